The number of aryl methyl sites for hydroxylation is 2. The summed E-state index contributed by atoms with van der Waals surface area (Å²) in [7, 11) is 1.86. The molecule has 0 aliphatic heterocycles. The van der Waals surface area contributed by atoms with E-state index in [-0.39, 0.29) is 0 Å². The largest absolute Gasteiger partial charge is 0.354 e. The van der Waals surface area contributed by atoms with E-state index in [1.807, 2.05) is 7.05 Å². The maximum absolute atomic E-state index is 4.58. The van der Waals surface area contributed by atoms with E-state index in [4.69, 9.17) is 0 Å². The highest BCUT2D eigenvalue weighted by atomic mass is 32.1. The van der Waals surface area contributed by atoms with Gasteiger partial charge in [0.1, 0.15) is 6.33 Å². The van der Waals surface area contributed by atoms with E-state index < -0.39 is 0 Å². The summed E-state index contributed by atoms with van der Waals surface area (Å²) in [4.78, 5) is 8.75. The second-order valence-electron chi connectivity index (χ2n) is 4.13. The predicted octanol–water partition coefficient (Wildman–Crippen LogP) is 2.35. The van der Waals surface area contributed by atoms with Gasteiger partial charge in [-0.15, -0.1) is 0 Å². The molecule has 18 heavy (non-hydrogen) atoms. The van der Waals surface area contributed by atoms with Crippen molar-refractivity contribution < 1.29 is 0 Å². The average molecular weight is 259 g/mol. The fraction of sp³-hybridized carbons (Fsp3) is 0.250. The summed E-state index contributed by atoms with van der Waals surface area (Å²) in [5.74, 6) is 0.772. The van der Waals surface area contributed by atoms with E-state index in [0.717, 1.165) is 16.5 Å². The fourth-order valence-corrected chi connectivity index (χ4v) is 2.72. The number of hydrogen-bond donors (Lipinski definition) is 1. The molecule has 1 aromatic carbocycles. The van der Waals surface area contributed by atoms with Crippen LogP contribution in [0.25, 0.3) is 10.2 Å². The Morgan fingerprint density at radius 2 is 2.28 bits per heavy atom. The average Bonchev–Trinajstić information content (AvgIpc) is 2.93. The normalized spacial score (nSPS) is 11.0. The van der Waals surface area contributed by atoms with Gasteiger partial charge in [-0.2, -0.15) is 5.10 Å². The third-order valence-electron chi connectivity index (χ3n) is 2.67. The summed E-state index contributed by atoms with van der Waals surface area (Å²) in [6, 6.07) is 6.22. The van der Waals surface area contributed by atoms with Crippen LogP contribution in [-0.2, 0) is 13.6 Å². The number of nitrogens with zero attached hydrogens (tertiary/aromatic N) is 4. The number of thiazole rings is 1. The number of hydrogen-bond acceptors (Lipinski definition) is 5. The van der Waals surface area contributed by atoms with Gasteiger partial charge >= 0.3 is 0 Å². The molecule has 3 rings (SSSR count). The van der Waals surface area contributed by atoms with Gasteiger partial charge in [-0.3, -0.25) is 4.68 Å². The van der Waals surface area contributed by atoms with Crippen LogP contribution in [0.4, 0.5) is 5.13 Å². The number of benzene rings is 1. The van der Waals surface area contributed by atoms with Crippen LogP contribution in [0.3, 0.4) is 0 Å². The summed E-state index contributed by atoms with van der Waals surface area (Å²) < 4.78 is 2.89. The molecule has 2 aromatic heterocycles. The topological polar surface area (TPSA) is 55.6 Å². The second-order valence-corrected chi connectivity index (χ2v) is 5.16. The lowest BCUT2D eigenvalue weighted by molar-refractivity contribution is 0.747. The van der Waals surface area contributed by atoms with Crippen LogP contribution in [0, 0.1) is 6.92 Å². The van der Waals surface area contributed by atoms with Crippen molar-refractivity contribution in [2.75, 3.05) is 5.32 Å². The van der Waals surface area contributed by atoms with Crippen molar-refractivity contribution >= 4 is 26.7 Å². The zero-order chi connectivity index (χ0) is 12.5. The molecule has 0 spiro atoms. The maximum Gasteiger partial charge on any atom is 0.184 e. The van der Waals surface area contributed by atoms with Gasteiger partial charge in [0.25, 0.3) is 0 Å². The Labute approximate surface area is 109 Å². The predicted molar refractivity (Wildman–Crippen MR) is 72.7 cm³/mol. The summed E-state index contributed by atoms with van der Waals surface area (Å²) in [5.41, 5.74) is 2.27. The van der Waals surface area contributed by atoms with Crippen molar-refractivity contribution in [3.05, 3.63) is 35.9 Å². The molecule has 2 heterocycles. The van der Waals surface area contributed by atoms with E-state index in [2.05, 4.69) is 45.5 Å². The Bertz CT molecular complexity index is 685. The van der Waals surface area contributed by atoms with Crippen molar-refractivity contribution in [2.45, 2.75) is 13.5 Å². The SMILES string of the molecule is Cc1cccc2sc(NCc3ncn(C)n3)nc12. The Hall–Kier alpha value is -1.95. The zero-order valence-electron chi connectivity index (χ0n) is 10.2. The Balaban J connectivity index is 1.81. The maximum atomic E-state index is 4.58. The molecule has 6 heteroatoms. The molecule has 1 N–H and O–H groups in total. The van der Waals surface area contributed by atoms with Crippen molar-refractivity contribution in [1.82, 2.24) is 19.7 Å². The van der Waals surface area contributed by atoms with E-state index in [0.29, 0.717) is 6.54 Å². The molecule has 0 saturated heterocycles. The smallest absolute Gasteiger partial charge is 0.184 e. The van der Waals surface area contributed by atoms with Gasteiger partial charge in [0, 0.05) is 7.05 Å². The standard InChI is InChI=1S/C12H13N5S/c1-8-4-3-5-9-11(8)15-12(18-9)13-6-10-14-7-17(2)16-10/h3-5,7H,6H2,1-2H3,(H,13,15). The molecule has 3 aromatic rings. The molecule has 0 aliphatic carbocycles. The van der Waals surface area contributed by atoms with Gasteiger partial charge in [-0.05, 0) is 18.6 Å². The van der Waals surface area contributed by atoms with Gasteiger partial charge < -0.3 is 5.32 Å². The number of fused-ring (bicyclic) bond motifs is 1. The van der Waals surface area contributed by atoms with Gasteiger partial charge in [0.05, 0.1) is 16.8 Å². The van der Waals surface area contributed by atoms with Gasteiger partial charge in [0.2, 0.25) is 0 Å². The Morgan fingerprint density at radius 1 is 1.39 bits per heavy atom. The van der Waals surface area contributed by atoms with Crippen LogP contribution in [0.2, 0.25) is 0 Å². The first-order chi connectivity index (χ1) is 8.72. The number of aromatic nitrogens is 4. The number of anilines is 1. The lowest BCUT2D eigenvalue weighted by atomic mass is 10.2. The second kappa shape index (κ2) is 4.38. The highest BCUT2D eigenvalue weighted by molar-refractivity contribution is 7.22. The van der Waals surface area contributed by atoms with Gasteiger partial charge in [-0.25, -0.2) is 9.97 Å². The molecule has 0 aliphatic rings. The number of rotatable bonds is 3. The molecule has 5 nitrogen and oxygen atoms in total. The molecular formula is C12H13N5S. The lowest BCUT2D eigenvalue weighted by Crippen LogP contribution is -2.01. The molecule has 0 fully saturated rings. The molecule has 0 atom stereocenters. The van der Waals surface area contributed by atoms with Crippen LogP contribution in [0.1, 0.15) is 11.4 Å². The monoisotopic (exact) mass is 259 g/mol. The molecule has 92 valence electrons. The summed E-state index contributed by atoms with van der Waals surface area (Å²) in [6.07, 6.45) is 1.69. The quantitative estimate of drug-likeness (QED) is 0.784. The molecule has 0 bridgehead atoms. The zero-order valence-corrected chi connectivity index (χ0v) is 11.0. The van der Waals surface area contributed by atoms with E-state index in [1.54, 1.807) is 22.3 Å². The molecule has 0 amide bonds. The summed E-state index contributed by atoms with van der Waals surface area (Å²) >= 11 is 1.65. The first-order valence-corrected chi connectivity index (χ1v) is 6.48. The van der Waals surface area contributed by atoms with Crippen LogP contribution in [0.15, 0.2) is 24.5 Å². The van der Waals surface area contributed by atoms with Crippen LogP contribution in [-0.4, -0.2) is 19.7 Å². The third kappa shape index (κ3) is 2.06. The fourth-order valence-electron chi connectivity index (χ4n) is 1.78. The number of nitrogens with one attached hydrogen (secondary N) is 1. The van der Waals surface area contributed by atoms with E-state index in [9.17, 15) is 0 Å². The molecular weight excluding hydrogens is 246 g/mol. The summed E-state index contributed by atoms with van der Waals surface area (Å²) in [5, 5.41) is 8.39. The molecule has 0 unspecified atom stereocenters. The lowest BCUT2D eigenvalue weighted by Gasteiger charge is -1.96. The Kier molecular flexibility index (Phi) is 2.71. The molecule has 0 saturated carbocycles. The summed E-state index contributed by atoms with van der Waals surface area (Å²) in [6.45, 7) is 2.67. The minimum absolute atomic E-state index is 0.597. The highest BCUT2D eigenvalue weighted by Crippen LogP contribution is 2.27. The number of para-hydroxylation sites is 1. The first-order valence-electron chi connectivity index (χ1n) is 5.67. The van der Waals surface area contributed by atoms with E-state index >= 15 is 0 Å². The third-order valence-corrected chi connectivity index (χ3v) is 3.64. The Morgan fingerprint density at radius 3 is 3.00 bits per heavy atom. The first kappa shape index (κ1) is 11.2. The van der Waals surface area contributed by atoms with Crippen molar-refractivity contribution in [3.8, 4) is 0 Å². The van der Waals surface area contributed by atoms with Crippen molar-refractivity contribution in [3.63, 3.8) is 0 Å². The van der Waals surface area contributed by atoms with Gasteiger partial charge in [-0.1, -0.05) is 23.5 Å². The van der Waals surface area contributed by atoms with Crippen LogP contribution < -0.4 is 5.32 Å². The minimum atomic E-state index is 0.597. The van der Waals surface area contributed by atoms with Crippen LogP contribution in [0.5, 0.6) is 0 Å². The van der Waals surface area contributed by atoms with Crippen molar-refractivity contribution in [2.24, 2.45) is 7.05 Å². The van der Waals surface area contributed by atoms with Gasteiger partial charge in [0.15, 0.2) is 11.0 Å². The van der Waals surface area contributed by atoms with Crippen LogP contribution >= 0.6 is 11.3 Å². The highest BCUT2D eigenvalue weighted by Gasteiger charge is 2.06. The minimum Gasteiger partial charge on any atom is -0.354 e. The van der Waals surface area contributed by atoms with E-state index in [1.165, 1.54) is 10.3 Å². The van der Waals surface area contributed by atoms with Crippen molar-refractivity contribution in [1.29, 1.82) is 0 Å². The molecule has 0 radical (unpaired) electrons.